The average molecular weight is 281 g/mol. The molecule has 1 atom stereocenters. The van der Waals surface area contributed by atoms with Crippen LogP contribution in [0.5, 0.6) is 0 Å². The van der Waals surface area contributed by atoms with E-state index in [0.717, 1.165) is 0 Å². The van der Waals surface area contributed by atoms with E-state index in [0.29, 0.717) is 5.69 Å². The minimum Gasteiger partial charge on any atom is -0.381 e. The first-order valence-electron chi connectivity index (χ1n) is 5.62. The van der Waals surface area contributed by atoms with Crippen LogP contribution >= 0.6 is 0 Å². The quantitative estimate of drug-likeness (QED) is 0.846. The number of nitrogen functional groups attached to an aromatic ring is 1. The maximum atomic E-state index is 12.2. The van der Waals surface area contributed by atoms with Crippen LogP contribution in [0.1, 0.15) is 18.7 Å². The number of rotatable bonds is 4. The van der Waals surface area contributed by atoms with E-state index >= 15 is 0 Å². The lowest BCUT2D eigenvalue weighted by atomic mass is 10.2. The summed E-state index contributed by atoms with van der Waals surface area (Å²) in [4.78, 5) is 7.88. The van der Waals surface area contributed by atoms with Crippen molar-refractivity contribution in [1.82, 2.24) is 19.3 Å². The third-order valence-corrected chi connectivity index (χ3v) is 4.30. The molecule has 0 bridgehead atoms. The predicted molar refractivity (Wildman–Crippen MR) is 70.6 cm³/mol. The zero-order chi connectivity index (χ0) is 14.0. The zero-order valence-electron chi connectivity index (χ0n) is 10.6. The Balaban J connectivity index is 2.28. The highest BCUT2D eigenvalue weighted by Gasteiger charge is 2.25. The van der Waals surface area contributed by atoms with Crippen LogP contribution in [0.3, 0.4) is 0 Å². The topological polar surface area (TPSA) is 103 Å². The number of hydrogen-bond acceptors (Lipinski definition) is 5. The molecule has 0 fully saturated rings. The zero-order valence-corrected chi connectivity index (χ0v) is 11.4. The molecule has 2 rings (SSSR count). The summed E-state index contributed by atoms with van der Waals surface area (Å²) in [6.07, 6.45) is 2.97. The summed E-state index contributed by atoms with van der Waals surface area (Å²) in [6.45, 7) is 1.71. The molecule has 2 aromatic rings. The minimum atomic E-state index is -3.74. The summed E-state index contributed by atoms with van der Waals surface area (Å²) >= 11 is 0. The average Bonchev–Trinajstić information content (AvgIpc) is 2.70. The molecule has 2 aromatic heterocycles. The highest BCUT2D eigenvalue weighted by atomic mass is 32.2. The smallest absolute Gasteiger partial charge is 0.260 e. The van der Waals surface area contributed by atoms with Gasteiger partial charge in [0.05, 0.1) is 18.1 Å². The lowest BCUT2D eigenvalue weighted by molar-refractivity contribution is 0.555. The summed E-state index contributed by atoms with van der Waals surface area (Å²) in [5, 5.41) is -0.0460. The number of hydrogen-bond donors (Lipinski definition) is 2. The van der Waals surface area contributed by atoms with Gasteiger partial charge in [-0.15, -0.1) is 0 Å². The standard InChI is InChI=1S/C11H15N5O2S/c1-8(9-5-3-4-6-13-9)15-19(17,18)11-10(12)14-7-16(11)2/h3-8,15H,12H2,1-2H3. The van der Waals surface area contributed by atoms with Gasteiger partial charge in [0.2, 0.25) is 0 Å². The van der Waals surface area contributed by atoms with Gasteiger partial charge in [0.1, 0.15) is 0 Å². The van der Waals surface area contributed by atoms with Crippen molar-refractivity contribution >= 4 is 15.8 Å². The monoisotopic (exact) mass is 281 g/mol. The van der Waals surface area contributed by atoms with Crippen LogP contribution in [0, 0.1) is 0 Å². The molecule has 7 nitrogen and oxygen atoms in total. The minimum absolute atomic E-state index is 0.0248. The van der Waals surface area contributed by atoms with E-state index in [-0.39, 0.29) is 10.8 Å². The molecular weight excluding hydrogens is 266 g/mol. The van der Waals surface area contributed by atoms with E-state index in [1.54, 1.807) is 38.4 Å². The number of anilines is 1. The molecule has 0 saturated heterocycles. The lowest BCUT2D eigenvalue weighted by Gasteiger charge is -2.14. The summed E-state index contributed by atoms with van der Waals surface area (Å²) in [7, 11) is -2.17. The van der Waals surface area contributed by atoms with Crippen molar-refractivity contribution < 1.29 is 8.42 Å². The van der Waals surface area contributed by atoms with Crippen LogP contribution in [0.25, 0.3) is 0 Å². The number of nitrogens with zero attached hydrogens (tertiary/aromatic N) is 3. The van der Waals surface area contributed by atoms with Crippen LogP contribution in [0.2, 0.25) is 0 Å². The van der Waals surface area contributed by atoms with Gasteiger partial charge in [-0.3, -0.25) is 4.98 Å². The Kier molecular flexibility index (Phi) is 3.54. The number of aromatic nitrogens is 3. The van der Waals surface area contributed by atoms with E-state index in [2.05, 4.69) is 14.7 Å². The fraction of sp³-hybridized carbons (Fsp3) is 0.273. The van der Waals surface area contributed by atoms with Crippen LogP contribution < -0.4 is 10.5 Å². The van der Waals surface area contributed by atoms with Crippen molar-refractivity contribution in [2.75, 3.05) is 5.73 Å². The first-order valence-corrected chi connectivity index (χ1v) is 7.10. The van der Waals surface area contributed by atoms with E-state index in [4.69, 9.17) is 5.73 Å². The molecule has 0 saturated carbocycles. The molecule has 0 aromatic carbocycles. The van der Waals surface area contributed by atoms with Crippen molar-refractivity contribution in [3.8, 4) is 0 Å². The Morgan fingerprint density at radius 2 is 2.11 bits per heavy atom. The molecule has 0 radical (unpaired) electrons. The van der Waals surface area contributed by atoms with Crippen molar-refractivity contribution in [2.45, 2.75) is 18.0 Å². The highest BCUT2D eigenvalue weighted by Crippen LogP contribution is 2.18. The van der Waals surface area contributed by atoms with E-state index in [1.807, 2.05) is 0 Å². The maximum absolute atomic E-state index is 12.2. The molecule has 0 aliphatic heterocycles. The normalized spacial score (nSPS) is 13.4. The summed E-state index contributed by atoms with van der Waals surface area (Å²) in [5.74, 6) is -0.0248. The SMILES string of the molecule is CC(NS(=O)(=O)c1c(N)ncn1C)c1ccccn1. The van der Waals surface area contributed by atoms with Gasteiger partial charge in [-0.05, 0) is 19.1 Å². The van der Waals surface area contributed by atoms with Gasteiger partial charge in [0.25, 0.3) is 10.0 Å². The van der Waals surface area contributed by atoms with Crippen molar-refractivity contribution in [3.05, 3.63) is 36.4 Å². The number of aryl methyl sites for hydroxylation is 1. The van der Waals surface area contributed by atoms with E-state index in [9.17, 15) is 8.42 Å². The Bertz CT molecular complexity index is 646. The second-order valence-corrected chi connectivity index (χ2v) is 5.77. The molecule has 8 heteroatoms. The number of sulfonamides is 1. The first-order chi connectivity index (χ1) is 8.92. The van der Waals surface area contributed by atoms with Gasteiger partial charge < -0.3 is 10.3 Å². The van der Waals surface area contributed by atoms with Crippen molar-refractivity contribution in [1.29, 1.82) is 0 Å². The molecule has 1 unspecified atom stereocenters. The third-order valence-electron chi connectivity index (χ3n) is 2.63. The van der Waals surface area contributed by atoms with Crippen molar-refractivity contribution in [3.63, 3.8) is 0 Å². The summed E-state index contributed by atoms with van der Waals surface area (Å²) < 4.78 is 28.4. The predicted octanol–water partition coefficient (Wildman–Crippen LogP) is 0.437. The first kappa shape index (κ1) is 13.5. The molecule has 19 heavy (non-hydrogen) atoms. The Morgan fingerprint density at radius 3 is 2.63 bits per heavy atom. The van der Waals surface area contributed by atoms with Gasteiger partial charge in [-0.1, -0.05) is 6.07 Å². The summed E-state index contributed by atoms with van der Waals surface area (Å²) in [6, 6.07) is 4.86. The largest absolute Gasteiger partial charge is 0.381 e. The Hall–Kier alpha value is -1.93. The lowest BCUT2D eigenvalue weighted by Crippen LogP contribution is -2.29. The van der Waals surface area contributed by atoms with E-state index < -0.39 is 16.1 Å². The Labute approximate surface area is 111 Å². The van der Waals surface area contributed by atoms with Crippen LogP contribution in [0.15, 0.2) is 35.7 Å². The Morgan fingerprint density at radius 1 is 1.37 bits per heavy atom. The fourth-order valence-electron chi connectivity index (χ4n) is 1.75. The highest BCUT2D eigenvalue weighted by molar-refractivity contribution is 7.89. The third kappa shape index (κ3) is 2.74. The molecule has 3 N–H and O–H groups in total. The fourth-order valence-corrected chi connectivity index (χ4v) is 3.20. The van der Waals surface area contributed by atoms with Gasteiger partial charge >= 0.3 is 0 Å². The molecule has 2 heterocycles. The summed E-state index contributed by atoms with van der Waals surface area (Å²) in [5.41, 5.74) is 6.21. The number of pyridine rings is 1. The second-order valence-electron chi connectivity index (χ2n) is 4.14. The molecule has 102 valence electrons. The molecule has 0 amide bonds. The van der Waals surface area contributed by atoms with Gasteiger partial charge in [0.15, 0.2) is 10.8 Å². The van der Waals surface area contributed by atoms with Gasteiger partial charge in [0, 0.05) is 13.2 Å². The number of imidazole rings is 1. The number of nitrogens with one attached hydrogen (secondary N) is 1. The van der Waals surface area contributed by atoms with E-state index in [1.165, 1.54) is 10.9 Å². The number of nitrogens with two attached hydrogens (primary N) is 1. The molecular formula is C11H15N5O2S. The van der Waals surface area contributed by atoms with Gasteiger partial charge in [-0.25, -0.2) is 18.1 Å². The van der Waals surface area contributed by atoms with Crippen LogP contribution in [-0.4, -0.2) is 23.0 Å². The molecule has 0 aliphatic carbocycles. The van der Waals surface area contributed by atoms with Crippen LogP contribution in [-0.2, 0) is 17.1 Å². The molecule has 0 spiro atoms. The van der Waals surface area contributed by atoms with Gasteiger partial charge in [-0.2, -0.15) is 0 Å². The van der Waals surface area contributed by atoms with Crippen LogP contribution in [0.4, 0.5) is 5.82 Å². The second kappa shape index (κ2) is 4.98. The van der Waals surface area contributed by atoms with Crippen molar-refractivity contribution in [2.24, 2.45) is 7.05 Å². The molecule has 0 aliphatic rings. The maximum Gasteiger partial charge on any atom is 0.260 e.